The Morgan fingerprint density at radius 3 is 2.48 bits per heavy atom. The highest BCUT2D eigenvalue weighted by atomic mass is 16.5. The lowest BCUT2D eigenvalue weighted by Crippen LogP contribution is -2.42. The third-order valence-corrected chi connectivity index (χ3v) is 4.46. The number of carbonyl (C=O) groups is 1. The molecule has 0 aliphatic carbocycles. The molecule has 152 valence electrons. The van der Waals surface area contributed by atoms with Crippen LogP contribution in [0.1, 0.15) is 13.3 Å². The monoisotopic (exact) mass is 397 g/mol. The van der Waals surface area contributed by atoms with Gasteiger partial charge >= 0.3 is 6.03 Å². The largest absolute Gasteiger partial charge is 0.497 e. The molecule has 9 heteroatoms. The number of hydrogen-bond acceptors (Lipinski definition) is 6. The van der Waals surface area contributed by atoms with Crippen molar-refractivity contribution < 1.29 is 14.3 Å². The molecule has 0 spiro atoms. The van der Waals surface area contributed by atoms with E-state index < -0.39 is 6.03 Å². The summed E-state index contributed by atoms with van der Waals surface area (Å²) < 4.78 is 11.7. The maximum Gasteiger partial charge on any atom is 0.319 e. The molecular formula is C20H23N5O4. The van der Waals surface area contributed by atoms with Crippen LogP contribution in [0.4, 0.5) is 10.5 Å². The number of benzene rings is 2. The molecule has 1 heterocycles. The van der Waals surface area contributed by atoms with Crippen molar-refractivity contribution >= 4 is 22.6 Å². The second-order valence-corrected chi connectivity index (χ2v) is 6.40. The molecule has 2 aromatic carbocycles. The number of ether oxygens (including phenoxy) is 2. The average Bonchev–Trinajstić information content (AvgIpc) is 2.74. The van der Waals surface area contributed by atoms with Crippen LogP contribution in [-0.2, 0) is 6.54 Å². The Morgan fingerprint density at radius 2 is 1.83 bits per heavy atom. The zero-order valence-electron chi connectivity index (χ0n) is 16.5. The average molecular weight is 397 g/mol. The van der Waals surface area contributed by atoms with Gasteiger partial charge in [0.25, 0.3) is 5.56 Å². The number of aromatic nitrogens is 3. The maximum absolute atomic E-state index is 12.6. The molecule has 0 bridgehead atoms. The Morgan fingerprint density at radius 1 is 1.14 bits per heavy atom. The van der Waals surface area contributed by atoms with E-state index in [4.69, 9.17) is 9.47 Å². The van der Waals surface area contributed by atoms with Gasteiger partial charge in [0, 0.05) is 23.9 Å². The van der Waals surface area contributed by atoms with Gasteiger partial charge in [0.1, 0.15) is 17.0 Å². The summed E-state index contributed by atoms with van der Waals surface area (Å²) in [6.07, 6.45) is 0.607. The molecule has 2 N–H and O–H groups in total. The summed E-state index contributed by atoms with van der Waals surface area (Å²) in [6, 6.07) is 11.4. The normalized spacial score (nSPS) is 11.7. The minimum atomic E-state index is -0.408. The second kappa shape index (κ2) is 9.05. The van der Waals surface area contributed by atoms with E-state index in [1.165, 1.54) is 18.9 Å². The van der Waals surface area contributed by atoms with E-state index in [-0.39, 0.29) is 18.1 Å². The Balaban J connectivity index is 1.71. The molecule has 3 aromatic rings. The Bertz CT molecular complexity index is 1040. The highest BCUT2D eigenvalue weighted by Gasteiger charge is 2.15. The second-order valence-electron chi connectivity index (χ2n) is 6.40. The topological polar surface area (TPSA) is 107 Å². The Labute approximate surface area is 167 Å². The molecule has 1 atom stereocenters. The van der Waals surface area contributed by atoms with Crippen molar-refractivity contribution in [3.63, 3.8) is 0 Å². The van der Waals surface area contributed by atoms with Crippen LogP contribution >= 0.6 is 0 Å². The smallest absolute Gasteiger partial charge is 0.319 e. The first kappa shape index (κ1) is 20.1. The van der Waals surface area contributed by atoms with Gasteiger partial charge < -0.3 is 20.1 Å². The minimum Gasteiger partial charge on any atom is -0.497 e. The molecule has 0 unspecified atom stereocenters. The van der Waals surface area contributed by atoms with Gasteiger partial charge in [-0.3, -0.25) is 4.79 Å². The summed E-state index contributed by atoms with van der Waals surface area (Å²) in [6.45, 7) is 2.13. The Hall–Kier alpha value is -3.62. The zero-order chi connectivity index (χ0) is 20.8. The number of nitrogens with one attached hydrogen (secondary N) is 2. The fourth-order valence-electron chi connectivity index (χ4n) is 2.86. The molecule has 29 heavy (non-hydrogen) atoms. The number of methoxy groups -OCH3 is 2. The standard InChI is InChI=1S/C20H23N5O4/c1-4-13(12-25-19(26)17-7-5-6-8-18(17)23-24-25)21-20(27)22-14-9-15(28-2)11-16(10-14)29-3/h5-11,13H,4,12H2,1-3H3,(H2,21,22,27)/t13-/m0/s1. The van der Waals surface area contributed by atoms with Crippen molar-refractivity contribution in [3.8, 4) is 11.5 Å². The number of anilines is 1. The fraction of sp³-hybridized carbons (Fsp3) is 0.300. The lowest BCUT2D eigenvalue weighted by Gasteiger charge is -2.18. The maximum atomic E-state index is 12.6. The molecule has 9 nitrogen and oxygen atoms in total. The van der Waals surface area contributed by atoms with Gasteiger partial charge in [-0.25, -0.2) is 9.48 Å². The van der Waals surface area contributed by atoms with E-state index in [0.717, 1.165) is 0 Å². The van der Waals surface area contributed by atoms with E-state index in [1.54, 1.807) is 42.5 Å². The summed E-state index contributed by atoms with van der Waals surface area (Å²) in [4.78, 5) is 25.0. The number of fused-ring (bicyclic) bond motifs is 1. The first-order valence-electron chi connectivity index (χ1n) is 9.17. The molecule has 0 fully saturated rings. The number of nitrogens with zero attached hydrogens (tertiary/aromatic N) is 3. The summed E-state index contributed by atoms with van der Waals surface area (Å²) in [5, 5.41) is 14.1. The van der Waals surface area contributed by atoms with Crippen molar-refractivity contribution in [2.75, 3.05) is 19.5 Å². The van der Waals surface area contributed by atoms with Crippen molar-refractivity contribution in [2.24, 2.45) is 0 Å². The van der Waals surface area contributed by atoms with E-state index in [0.29, 0.717) is 34.5 Å². The van der Waals surface area contributed by atoms with Crippen LogP contribution in [0.15, 0.2) is 47.3 Å². The molecular weight excluding hydrogens is 374 g/mol. The lowest BCUT2D eigenvalue weighted by molar-refractivity contribution is 0.245. The molecule has 2 amide bonds. The highest BCUT2D eigenvalue weighted by molar-refractivity contribution is 5.90. The van der Waals surface area contributed by atoms with Crippen molar-refractivity contribution in [1.29, 1.82) is 0 Å². The third kappa shape index (κ3) is 4.81. The van der Waals surface area contributed by atoms with E-state index >= 15 is 0 Å². The van der Waals surface area contributed by atoms with Gasteiger partial charge in [0.15, 0.2) is 0 Å². The third-order valence-electron chi connectivity index (χ3n) is 4.46. The van der Waals surface area contributed by atoms with Crippen LogP contribution in [0.5, 0.6) is 11.5 Å². The van der Waals surface area contributed by atoms with E-state index in [1.807, 2.05) is 6.92 Å². The lowest BCUT2D eigenvalue weighted by atomic mass is 10.2. The first-order chi connectivity index (χ1) is 14.0. The molecule has 0 saturated carbocycles. The van der Waals surface area contributed by atoms with Crippen molar-refractivity contribution in [3.05, 3.63) is 52.8 Å². The van der Waals surface area contributed by atoms with Crippen LogP contribution in [0.3, 0.4) is 0 Å². The first-order valence-corrected chi connectivity index (χ1v) is 9.17. The van der Waals surface area contributed by atoms with Crippen molar-refractivity contribution in [2.45, 2.75) is 25.9 Å². The van der Waals surface area contributed by atoms with Gasteiger partial charge in [-0.2, -0.15) is 0 Å². The van der Waals surface area contributed by atoms with Crippen LogP contribution in [0, 0.1) is 0 Å². The van der Waals surface area contributed by atoms with Gasteiger partial charge in [0.2, 0.25) is 0 Å². The quantitative estimate of drug-likeness (QED) is 0.634. The summed E-state index contributed by atoms with van der Waals surface area (Å²) in [7, 11) is 3.07. The SMILES string of the molecule is CC[C@@H](Cn1nnc2ccccc2c1=O)NC(=O)Nc1cc(OC)cc(OC)c1. The number of hydrogen-bond donors (Lipinski definition) is 2. The number of rotatable bonds is 7. The van der Waals surface area contributed by atoms with Crippen LogP contribution in [0.25, 0.3) is 10.9 Å². The highest BCUT2D eigenvalue weighted by Crippen LogP contribution is 2.25. The van der Waals surface area contributed by atoms with Gasteiger partial charge in [-0.15, -0.1) is 5.10 Å². The summed E-state index contributed by atoms with van der Waals surface area (Å²) >= 11 is 0. The van der Waals surface area contributed by atoms with Gasteiger partial charge in [-0.1, -0.05) is 24.3 Å². The molecule has 3 rings (SSSR count). The van der Waals surface area contributed by atoms with Crippen LogP contribution < -0.4 is 25.7 Å². The Kier molecular flexibility index (Phi) is 6.28. The minimum absolute atomic E-state index is 0.210. The number of carbonyl (C=O) groups excluding carboxylic acids is 1. The van der Waals surface area contributed by atoms with Crippen LogP contribution in [0.2, 0.25) is 0 Å². The number of urea groups is 1. The molecule has 0 aliphatic heterocycles. The predicted molar refractivity (Wildman–Crippen MR) is 110 cm³/mol. The van der Waals surface area contributed by atoms with Crippen LogP contribution in [-0.4, -0.2) is 41.3 Å². The fourth-order valence-corrected chi connectivity index (χ4v) is 2.86. The van der Waals surface area contributed by atoms with E-state index in [9.17, 15) is 9.59 Å². The molecule has 0 aliphatic rings. The predicted octanol–water partition coefficient (Wildman–Crippen LogP) is 2.41. The van der Waals surface area contributed by atoms with E-state index in [2.05, 4.69) is 20.9 Å². The number of amides is 2. The summed E-state index contributed by atoms with van der Waals surface area (Å²) in [5.41, 5.74) is 0.824. The van der Waals surface area contributed by atoms with Gasteiger partial charge in [-0.05, 0) is 18.6 Å². The van der Waals surface area contributed by atoms with Crippen molar-refractivity contribution in [1.82, 2.24) is 20.3 Å². The zero-order valence-corrected chi connectivity index (χ0v) is 16.5. The summed E-state index contributed by atoms with van der Waals surface area (Å²) in [5.74, 6) is 1.12. The molecule has 0 radical (unpaired) electrons. The molecule has 1 aromatic heterocycles. The molecule has 0 saturated heterocycles. The van der Waals surface area contributed by atoms with Gasteiger partial charge in [0.05, 0.1) is 32.2 Å².